The Morgan fingerprint density at radius 3 is 2.81 bits per heavy atom. The van der Waals surface area contributed by atoms with Crippen LogP contribution in [0.15, 0.2) is 24.3 Å². The zero-order valence-corrected chi connectivity index (χ0v) is 14.9. The second-order valence-electron chi connectivity index (χ2n) is 6.43. The Balaban J connectivity index is 1.45. The van der Waals surface area contributed by atoms with Crippen molar-refractivity contribution in [2.45, 2.75) is 32.2 Å². The van der Waals surface area contributed by atoms with E-state index in [1.165, 1.54) is 0 Å². The average molecular weight is 359 g/mol. The van der Waals surface area contributed by atoms with Crippen molar-refractivity contribution in [3.8, 4) is 5.69 Å². The molecule has 1 aliphatic heterocycles. The molecule has 0 bridgehead atoms. The van der Waals surface area contributed by atoms with E-state index in [1.54, 1.807) is 4.68 Å². The minimum atomic E-state index is -0.242. The lowest BCUT2D eigenvalue weighted by Gasteiger charge is -2.34. The van der Waals surface area contributed by atoms with Gasteiger partial charge in [0.25, 0.3) is 0 Å². The maximum atomic E-state index is 12.0. The summed E-state index contributed by atoms with van der Waals surface area (Å²) < 4.78 is 1.63. The Morgan fingerprint density at radius 2 is 2.12 bits per heavy atom. The molecule has 1 atom stereocenters. The van der Waals surface area contributed by atoms with Gasteiger partial charge in [-0.25, -0.2) is 4.79 Å². The first-order valence-corrected chi connectivity index (χ1v) is 8.92. The zero-order chi connectivity index (χ0) is 18.4. The smallest absolute Gasteiger partial charge is 0.319 e. The van der Waals surface area contributed by atoms with Crippen LogP contribution in [0.2, 0.25) is 0 Å². The van der Waals surface area contributed by atoms with E-state index in [2.05, 4.69) is 31.1 Å². The summed E-state index contributed by atoms with van der Waals surface area (Å²) in [5.74, 6) is 0.697. The number of benzene rings is 1. The summed E-state index contributed by atoms with van der Waals surface area (Å²) in [6.07, 6.45) is 3.33. The molecule has 0 radical (unpaired) electrons. The number of piperidine rings is 1. The van der Waals surface area contributed by atoms with E-state index in [1.807, 2.05) is 31.2 Å². The first kappa shape index (κ1) is 18.3. The zero-order valence-electron chi connectivity index (χ0n) is 14.9. The molecule has 0 spiro atoms. The van der Waals surface area contributed by atoms with Crippen molar-refractivity contribution in [1.29, 1.82) is 0 Å². The summed E-state index contributed by atoms with van der Waals surface area (Å²) in [5.41, 5.74) is 1.53. The summed E-state index contributed by atoms with van der Waals surface area (Å²) in [6.45, 7) is 4.27. The number of hydrogen-bond acceptors (Lipinski definition) is 6. The van der Waals surface area contributed by atoms with Gasteiger partial charge >= 0.3 is 6.03 Å². The summed E-state index contributed by atoms with van der Waals surface area (Å²) in [4.78, 5) is 14.3. The molecule has 2 amide bonds. The number of aliphatic hydroxyl groups excluding tert-OH is 1. The van der Waals surface area contributed by atoms with Crippen LogP contribution in [0.1, 0.15) is 25.1 Å². The predicted molar refractivity (Wildman–Crippen MR) is 97.2 cm³/mol. The van der Waals surface area contributed by atoms with Gasteiger partial charge in [0.15, 0.2) is 5.82 Å². The number of aromatic nitrogens is 4. The largest absolute Gasteiger partial charge is 0.395 e. The lowest BCUT2D eigenvalue weighted by Crippen LogP contribution is -2.46. The number of aryl methyl sites for hydroxylation is 1. The quantitative estimate of drug-likeness (QED) is 0.708. The molecule has 2 heterocycles. The SMILES string of the molecule is Cc1nnnn1-c1ccc(NC(=O)NCCN2CCCC[C@@H]2CO)cc1. The van der Waals surface area contributed by atoms with Crippen molar-refractivity contribution in [3.63, 3.8) is 0 Å². The molecule has 2 aromatic rings. The molecule has 0 saturated carbocycles. The number of tetrazole rings is 1. The summed E-state index contributed by atoms with van der Waals surface area (Å²) in [6, 6.07) is 7.28. The van der Waals surface area contributed by atoms with Crippen molar-refractivity contribution in [1.82, 2.24) is 30.4 Å². The molecule has 9 heteroatoms. The molecular formula is C17H25N7O2. The molecular weight excluding hydrogens is 334 g/mol. The molecule has 3 rings (SSSR count). The first-order chi connectivity index (χ1) is 12.7. The second-order valence-corrected chi connectivity index (χ2v) is 6.43. The van der Waals surface area contributed by atoms with Crippen LogP contribution >= 0.6 is 0 Å². The lowest BCUT2D eigenvalue weighted by molar-refractivity contribution is 0.0917. The van der Waals surface area contributed by atoms with Crippen molar-refractivity contribution in [3.05, 3.63) is 30.1 Å². The molecule has 3 N–H and O–H groups in total. The van der Waals surface area contributed by atoms with Gasteiger partial charge in [0, 0.05) is 24.8 Å². The third-order valence-electron chi connectivity index (χ3n) is 4.64. The Bertz CT molecular complexity index is 716. The van der Waals surface area contributed by atoms with E-state index < -0.39 is 0 Å². The lowest BCUT2D eigenvalue weighted by atomic mass is 10.0. The Morgan fingerprint density at radius 1 is 1.31 bits per heavy atom. The average Bonchev–Trinajstić information content (AvgIpc) is 3.09. The fourth-order valence-electron chi connectivity index (χ4n) is 3.21. The Labute approximate surface area is 152 Å². The van der Waals surface area contributed by atoms with E-state index in [0.717, 1.165) is 38.0 Å². The topological polar surface area (TPSA) is 108 Å². The molecule has 1 saturated heterocycles. The third kappa shape index (κ3) is 4.55. The summed E-state index contributed by atoms with van der Waals surface area (Å²) >= 11 is 0. The maximum absolute atomic E-state index is 12.0. The molecule has 0 aliphatic carbocycles. The number of nitrogens with one attached hydrogen (secondary N) is 2. The number of carbonyl (C=O) groups excluding carboxylic acids is 1. The third-order valence-corrected chi connectivity index (χ3v) is 4.64. The fourth-order valence-corrected chi connectivity index (χ4v) is 3.21. The highest BCUT2D eigenvalue weighted by Crippen LogP contribution is 2.16. The van der Waals surface area contributed by atoms with Gasteiger partial charge in [-0.2, -0.15) is 4.68 Å². The molecule has 140 valence electrons. The van der Waals surface area contributed by atoms with Crippen molar-refractivity contribution >= 4 is 11.7 Å². The number of hydrogen-bond donors (Lipinski definition) is 3. The van der Waals surface area contributed by atoms with Gasteiger partial charge in [0.2, 0.25) is 0 Å². The van der Waals surface area contributed by atoms with Gasteiger partial charge in [-0.1, -0.05) is 6.42 Å². The molecule has 9 nitrogen and oxygen atoms in total. The molecule has 1 fully saturated rings. The van der Waals surface area contributed by atoms with E-state index in [4.69, 9.17) is 0 Å². The van der Waals surface area contributed by atoms with Crippen LogP contribution in [-0.4, -0.2) is 68.5 Å². The minimum Gasteiger partial charge on any atom is -0.395 e. The van der Waals surface area contributed by atoms with Crippen molar-refractivity contribution in [2.24, 2.45) is 0 Å². The molecule has 0 unspecified atom stereocenters. The van der Waals surface area contributed by atoms with Gasteiger partial charge in [0.1, 0.15) is 0 Å². The summed E-state index contributed by atoms with van der Waals surface area (Å²) in [7, 11) is 0. The van der Waals surface area contributed by atoms with Gasteiger partial charge in [-0.05, 0) is 61.0 Å². The highest BCUT2D eigenvalue weighted by molar-refractivity contribution is 5.89. The van der Waals surface area contributed by atoms with E-state index in [0.29, 0.717) is 18.1 Å². The number of likely N-dealkylation sites (tertiary alicyclic amines) is 1. The first-order valence-electron chi connectivity index (χ1n) is 8.92. The van der Waals surface area contributed by atoms with Crippen molar-refractivity contribution < 1.29 is 9.90 Å². The molecule has 1 aromatic carbocycles. The van der Waals surface area contributed by atoms with Crippen LogP contribution in [0.3, 0.4) is 0 Å². The predicted octanol–water partition coefficient (Wildman–Crippen LogP) is 0.939. The van der Waals surface area contributed by atoms with Gasteiger partial charge in [0.05, 0.1) is 12.3 Å². The van der Waals surface area contributed by atoms with E-state index >= 15 is 0 Å². The molecule has 1 aliphatic rings. The normalized spacial score (nSPS) is 17.8. The van der Waals surface area contributed by atoms with Crippen LogP contribution < -0.4 is 10.6 Å². The molecule has 1 aromatic heterocycles. The van der Waals surface area contributed by atoms with Gasteiger partial charge in [-0.15, -0.1) is 5.10 Å². The fraction of sp³-hybridized carbons (Fsp3) is 0.529. The van der Waals surface area contributed by atoms with Crippen LogP contribution in [0.4, 0.5) is 10.5 Å². The van der Waals surface area contributed by atoms with Crippen LogP contribution in [-0.2, 0) is 0 Å². The van der Waals surface area contributed by atoms with E-state index in [9.17, 15) is 9.90 Å². The highest BCUT2D eigenvalue weighted by Gasteiger charge is 2.20. The number of rotatable bonds is 6. The number of urea groups is 1. The second kappa shape index (κ2) is 8.72. The number of aliphatic hydroxyl groups is 1. The monoisotopic (exact) mass is 359 g/mol. The van der Waals surface area contributed by atoms with Gasteiger partial charge < -0.3 is 15.7 Å². The van der Waals surface area contributed by atoms with E-state index in [-0.39, 0.29) is 18.7 Å². The number of carbonyl (C=O) groups is 1. The summed E-state index contributed by atoms with van der Waals surface area (Å²) in [5, 5.41) is 26.5. The number of nitrogens with zero attached hydrogens (tertiary/aromatic N) is 5. The number of anilines is 1. The van der Waals surface area contributed by atoms with Crippen LogP contribution in [0, 0.1) is 6.92 Å². The van der Waals surface area contributed by atoms with Crippen LogP contribution in [0.25, 0.3) is 5.69 Å². The minimum absolute atomic E-state index is 0.180. The highest BCUT2D eigenvalue weighted by atomic mass is 16.3. The van der Waals surface area contributed by atoms with Crippen LogP contribution in [0.5, 0.6) is 0 Å². The van der Waals surface area contributed by atoms with Gasteiger partial charge in [-0.3, -0.25) is 4.90 Å². The Hall–Kier alpha value is -2.52. The maximum Gasteiger partial charge on any atom is 0.319 e. The Kier molecular flexibility index (Phi) is 6.13. The van der Waals surface area contributed by atoms with Crippen molar-refractivity contribution in [2.75, 3.05) is 31.6 Å². The standard InChI is InChI=1S/C17H25N7O2/c1-13-20-21-22-24(13)15-7-5-14(6-8-15)19-17(26)18-9-11-23-10-3-2-4-16(23)12-25/h5-8,16,25H,2-4,9-12H2,1H3,(H2,18,19,26)/t16-/m1/s1. The number of amides is 2. The molecule has 26 heavy (non-hydrogen) atoms.